The molecule has 1 aliphatic rings. The molecule has 1 atom stereocenters. The molecule has 0 saturated carbocycles. The second-order valence-electron chi connectivity index (χ2n) is 6.73. The van der Waals surface area contributed by atoms with Gasteiger partial charge in [-0.1, -0.05) is 43.7 Å². The Morgan fingerprint density at radius 2 is 1.83 bits per heavy atom. The summed E-state index contributed by atoms with van der Waals surface area (Å²) < 4.78 is 15.4. The Balaban J connectivity index is 1.42. The van der Waals surface area contributed by atoms with E-state index in [0.717, 1.165) is 18.4 Å². The minimum Gasteiger partial charge on any atom is -0.454 e. The summed E-state index contributed by atoms with van der Waals surface area (Å²) in [5.41, 5.74) is 1.32. The van der Waals surface area contributed by atoms with Gasteiger partial charge < -0.3 is 24.8 Å². The molecule has 0 saturated heterocycles. The highest BCUT2D eigenvalue weighted by atomic mass is 16.7. The van der Waals surface area contributed by atoms with Gasteiger partial charge >= 0.3 is 5.97 Å². The first kappa shape index (κ1) is 21.2. The molecule has 0 spiro atoms. The van der Waals surface area contributed by atoms with Gasteiger partial charge in [-0.2, -0.15) is 0 Å². The van der Waals surface area contributed by atoms with E-state index in [1.165, 1.54) is 6.07 Å². The molecule has 0 aliphatic carbocycles. The average molecular weight is 412 g/mol. The van der Waals surface area contributed by atoms with Gasteiger partial charge in [0.15, 0.2) is 18.1 Å². The zero-order chi connectivity index (χ0) is 21.3. The molecule has 2 amide bonds. The summed E-state index contributed by atoms with van der Waals surface area (Å²) in [6, 6.07) is 14.2. The normalized spacial score (nSPS) is 12.7. The predicted molar refractivity (Wildman–Crippen MR) is 108 cm³/mol. The van der Waals surface area contributed by atoms with Gasteiger partial charge in [0.2, 0.25) is 6.79 Å². The molecule has 2 N–H and O–H groups in total. The molecule has 0 fully saturated rings. The molecule has 0 radical (unpaired) electrons. The second-order valence-corrected chi connectivity index (χ2v) is 6.73. The van der Waals surface area contributed by atoms with Crippen LogP contribution in [0, 0.1) is 0 Å². The topological polar surface area (TPSA) is 103 Å². The lowest BCUT2D eigenvalue weighted by Gasteiger charge is -2.18. The number of hydrogen-bond acceptors (Lipinski definition) is 6. The largest absolute Gasteiger partial charge is 0.454 e. The van der Waals surface area contributed by atoms with Gasteiger partial charge in [-0.05, 0) is 30.2 Å². The molecule has 2 aromatic rings. The Morgan fingerprint density at radius 3 is 2.60 bits per heavy atom. The maximum absolute atomic E-state index is 12.2. The molecule has 30 heavy (non-hydrogen) atoms. The van der Waals surface area contributed by atoms with Crippen LogP contribution in [0.4, 0.5) is 0 Å². The molecule has 1 unspecified atom stereocenters. The van der Waals surface area contributed by atoms with Gasteiger partial charge in [-0.25, -0.2) is 0 Å². The van der Waals surface area contributed by atoms with Crippen LogP contribution >= 0.6 is 0 Å². The highest BCUT2D eigenvalue weighted by Crippen LogP contribution is 2.32. The Bertz CT molecular complexity index is 900. The third kappa shape index (κ3) is 5.73. The zero-order valence-corrected chi connectivity index (χ0v) is 16.7. The van der Waals surface area contributed by atoms with Crippen LogP contribution in [0.25, 0.3) is 0 Å². The third-order valence-electron chi connectivity index (χ3n) is 4.51. The minimum atomic E-state index is -0.703. The first-order chi connectivity index (χ1) is 14.6. The van der Waals surface area contributed by atoms with Crippen molar-refractivity contribution in [3.63, 3.8) is 0 Å². The van der Waals surface area contributed by atoms with Crippen LogP contribution in [0.1, 0.15) is 41.7 Å². The smallest absolute Gasteiger partial charge is 0.325 e. The van der Waals surface area contributed by atoms with Crippen LogP contribution in [0.15, 0.2) is 48.5 Å². The van der Waals surface area contributed by atoms with Gasteiger partial charge in [0.25, 0.3) is 11.8 Å². The summed E-state index contributed by atoms with van der Waals surface area (Å²) in [4.78, 5) is 36.2. The summed E-state index contributed by atoms with van der Waals surface area (Å²) in [5, 5.41) is 5.33. The SMILES string of the molecule is CCCC(NC(=O)COC(=O)CNC(=O)c1ccc2c(c1)OCO2)c1ccccc1. The van der Waals surface area contributed by atoms with E-state index in [9.17, 15) is 14.4 Å². The standard InChI is InChI=1S/C22H24N2O6/c1-2-6-17(15-7-4-3-5-8-15)24-20(25)13-28-21(26)12-23-22(27)16-9-10-18-19(11-16)30-14-29-18/h3-5,7-11,17H,2,6,12-14H2,1H3,(H,23,27)(H,24,25). The number of carbonyl (C=O) groups excluding carboxylic acids is 3. The Kier molecular flexibility index (Phi) is 7.26. The number of benzene rings is 2. The molecule has 8 heteroatoms. The van der Waals surface area contributed by atoms with Crippen molar-refractivity contribution in [3.8, 4) is 11.5 Å². The monoisotopic (exact) mass is 412 g/mol. The lowest BCUT2D eigenvalue weighted by Crippen LogP contribution is -2.35. The van der Waals surface area contributed by atoms with Crippen LogP contribution in [-0.2, 0) is 14.3 Å². The number of amides is 2. The fourth-order valence-electron chi connectivity index (χ4n) is 3.02. The van der Waals surface area contributed by atoms with Gasteiger partial charge in [-0.15, -0.1) is 0 Å². The van der Waals surface area contributed by atoms with E-state index in [2.05, 4.69) is 10.6 Å². The Morgan fingerprint density at radius 1 is 1.07 bits per heavy atom. The van der Waals surface area contributed by atoms with Crippen LogP contribution in [-0.4, -0.2) is 37.7 Å². The van der Waals surface area contributed by atoms with Gasteiger partial charge in [-0.3, -0.25) is 14.4 Å². The van der Waals surface area contributed by atoms with E-state index in [1.807, 2.05) is 37.3 Å². The van der Waals surface area contributed by atoms with Crippen molar-refractivity contribution in [1.82, 2.24) is 10.6 Å². The zero-order valence-electron chi connectivity index (χ0n) is 16.7. The summed E-state index contributed by atoms with van der Waals surface area (Å²) in [5.74, 6) is -0.517. The van der Waals surface area contributed by atoms with E-state index in [0.29, 0.717) is 17.1 Å². The van der Waals surface area contributed by atoms with Crippen LogP contribution in [0.5, 0.6) is 11.5 Å². The maximum Gasteiger partial charge on any atom is 0.325 e. The molecular weight excluding hydrogens is 388 g/mol. The van der Waals surface area contributed by atoms with Crippen molar-refractivity contribution in [2.75, 3.05) is 19.9 Å². The van der Waals surface area contributed by atoms with Crippen molar-refractivity contribution in [2.45, 2.75) is 25.8 Å². The van der Waals surface area contributed by atoms with Crippen molar-refractivity contribution in [3.05, 3.63) is 59.7 Å². The first-order valence-corrected chi connectivity index (χ1v) is 9.74. The fourth-order valence-corrected chi connectivity index (χ4v) is 3.02. The van der Waals surface area contributed by atoms with Crippen LogP contribution in [0.3, 0.4) is 0 Å². The highest BCUT2D eigenvalue weighted by Gasteiger charge is 2.18. The van der Waals surface area contributed by atoms with E-state index in [4.69, 9.17) is 14.2 Å². The number of ether oxygens (including phenoxy) is 3. The number of hydrogen-bond donors (Lipinski definition) is 2. The summed E-state index contributed by atoms with van der Waals surface area (Å²) in [6.45, 7) is 1.38. The second kappa shape index (κ2) is 10.3. The minimum absolute atomic E-state index is 0.109. The van der Waals surface area contributed by atoms with Gasteiger partial charge in [0.05, 0.1) is 6.04 Å². The molecule has 3 rings (SSSR count). The summed E-state index contributed by atoms with van der Waals surface area (Å²) in [7, 11) is 0. The predicted octanol–water partition coefficient (Wildman–Crippen LogP) is 2.35. The van der Waals surface area contributed by atoms with Crippen LogP contribution < -0.4 is 20.1 Å². The number of rotatable bonds is 9. The van der Waals surface area contributed by atoms with E-state index < -0.39 is 24.4 Å². The van der Waals surface area contributed by atoms with Gasteiger partial charge in [0.1, 0.15) is 6.54 Å². The number of esters is 1. The Hall–Kier alpha value is -3.55. The van der Waals surface area contributed by atoms with Crippen molar-refractivity contribution in [1.29, 1.82) is 0 Å². The van der Waals surface area contributed by atoms with E-state index in [-0.39, 0.29) is 19.4 Å². The average Bonchev–Trinajstić information content (AvgIpc) is 3.24. The molecule has 158 valence electrons. The van der Waals surface area contributed by atoms with Gasteiger partial charge in [0, 0.05) is 5.56 Å². The van der Waals surface area contributed by atoms with Crippen LogP contribution in [0.2, 0.25) is 0 Å². The van der Waals surface area contributed by atoms with Crippen molar-refractivity contribution >= 4 is 17.8 Å². The molecule has 1 aliphatic heterocycles. The van der Waals surface area contributed by atoms with Crippen molar-refractivity contribution in [2.24, 2.45) is 0 Å². The maximum atomic E-state index is 12.2. The number of carbonyl (C=O) groups is 3. The highest BCUT2D eigenvalue weighted by molar-refractivity contribution is 5.96. The third-order valence-corrected chi connectivity index (χ3v) is 4.51. The first-order valence-electron chi connectivity index (χ1n) is 9.74. The molecule has 0 aromatic heterocycles. The lowest BCUT2D eigenvalue weighted by atomic mass is 10.0. The summed E-state index contributed by atoms with van der Waals surface area (Å²) >= 11 is 0. The number of fused-ring (bicyclic) bond motifs is 1. The van der Waals surface area contributed by atoms with E-state index in [1.54, 1.807) is 12.1 Å². The molecule has 8 nitrogen and oxygen atoms in total. The molecular formula is C22H24N2O6. The van der Waals surface area contributed by atoms with Crippen molar-refractivity contribution < 1.29 is 28.6 Å². The molecule has 0 bridgehead atoms. The lowest BCUT2D eigenvalue weighted by molar-refractivity contribution is -0.147. The Labute approximate surface area is 174 Å². The molecule has 2 aromatic carbocycles. The summed E-state index contributed by atoms with van der Waals surface area (Å²) in [6.07, 6.45) is 1.67. The fraction of sp³-hybridized carbons (Fsp3) is 0.318. The molecule has 1 heterocycles. The van der Waals surface area contributed by atoms with E-state index >= 15 is 0 Å². The quantitative estimate of drug-likeness (QED) is 0.613. The number of nitrogens with one attached hydrogen (secondary N) is 2.